The van der Waals surface area contributed by atoms with Crippen LogP contribution in [0, 0.1) is 0 Å². The topological polar surface area (TPSA) is 42.7 Å². The average molecular weight is 263 g/mol. The molecule has 1 aromatic heterocycles. The normalized spacial score (nSPS) is 18.7. The van der Waals surface area contributed by atoms with Gasteiger partial charge in [-0.25, -0.2) is 0 Å². The first-order chi connectivity index (χ1) is 8.74. The number of halogens is 1. The fourth-order valence-corrected chi connectivity index (χ4v) is 2.44. The van der Waals surface area contributed by atoms with Crippen LogP contribution in [0.5, 0.6) is 0 Å². The molecule has 2 heterocycles. The molecule has 94 valence electrons. The lowest BCUT2D eigenvalue weighted by atomic mass is 10.1. The third-order valence-electron chi connectivity index (χ3n) is 3.30. The molecular formula is C13H15ClN4. The van der Waals surface area contributed by atoms with Gasteiger partial charge in [0.1, 0.15) is 11.6 Å². The van der Waals surface area contributed by atoms with Crippen LogP contribution in [0.4, 0.5) is 0 Å². The van der Waals surface area contributed by atoms with Gasteiger partial charge in [0.25, 0.3) is 0 Å². The largest absolute Gasteiger partial charge is 0.312 e. The molecule has 1 aliphatic heterocycles. The van der Waals surface area contributed by atoms with Gasteiger partial charge in [-0.1, -0.05) is 23.7 Å². The van der Waals surface area contributed by atoms with Crippen molar-refractivity contribution in [1.29, 1.82) is 0 Å². The number of hydrogen-bond acceptors (Lipinski definition) is 3. The summed E-state index contributed by atoms with van der Waals surface area (Å²) < 4.78 is 2.22. The van der Waals surface area contributed by atoms with E-state index in [1.165, 1.54) is 5.56 Å². The first kappa shape index (κ1) is 11.7. The van der Waals surface area contributed by atoms with Crippen LogP contribution in [0.25, 0.3) is 0 Å². The maximum atomic E-state index is 5.89. The highest BCUT2D eigenvalue weighted by atomic mass is 35.5. The van der Waals surface area contributed by atoms with Crippen molar-refractivity contribution in [2.45, 2.75) is 25.9 Å². The molecule has 4 nitrogen and oxygen atoms in total. The van der Waals surface area contributed by atoms with Crippen molar-refractivity contribution >= 4 is 11.6 Å². The molecule has 0 aliphatic carbocycles. The summed E-state index contributed by atoms with van der Waals surface area (Å²) in [7, 11) is 0. The van der Waals surface area contributed by atoms with Gasteiger partial charge in [0.05, 0.1) is 6.04 Å². The fourth-order valence-electron chi connectivity index (χ4n) is 2.31. The Labute approximate surface area is 111 Å². The zero-order chi connectivity index (χ0) is 12.5. The van der Waals surface area contributed by atoms with E-state index in [1.807, 2.05) is 24.3 Å². The van der Waals surface area contributed by atoms with Crippen LogP contribution in [-0.2, 0) is 13.0 Å². The Morgan fingerprint density at radius 3 is 2.89 bits per heavy atom. The van der Waals surface area contributed by atoms with Crippen LogP contribution >= 0.6 is 11.6 Å². The van der Waals surface area contributed by atoms with Crippen molar-refractivity contribution in [3.8, 4) is 0 Å². The second-order valence-electron chi connectivity index (χ2n) is 4.61. The maximum absolute atomic E-state index is 5.89. The monoisotopic (exact) mass is 262 g/mol. The van der Waals surface area contributed by atoms with E-state index in [2.05, 4.69) is 27.0 Å². The third-order valence-corrected chi connectivity index (χ3v) is 3.56. The number of hydrogen-bond donors (Lipinski definition) is 1. The Hall–Kier alpha value is -1.39. The average Bonchev–Trinajstić information content (AvgIpc) is 2.77. The molecule has 0 amide bonds. The molecule has 0 bridgehead atoms. The third kappa shape index (κ3) is 2.13. The van der Waals surface area contributed by atoms with Crippen molar-refractivity contribution in [1.82, 2.24) is 20.1 Å². The minimum Gasteiger partial charge on any atom is -0.312 e. The highest BCUT2D eigenvalue weighted by Crippen LogP contribution is 2.18. The molecule has 0 saturated heterocycles. The van der Waals surface area contributed by atoms with Crippen LogP contribution in [-0.4, -0.2) is 21.3 Å². The zero-order valence-electron chi connectivity index (χ0n) is 10.2. The lowest BCUT2D eigenvalue weighted by Gasteiger charge is -2.21. The second-order valence-corrected chi connectivity index (χ2v) is 5.04. The van der Waals surface area contributed by atoms with E-state index in [4.69, 9.17) is 11.6 Å². The van der Waals surface area contributed by atoms with E-state index in [0.29, 0.717) is 0 Å². The molecule has 0 saturated carbocycles. The van der Waals surface area contributed by atoms with Gasteiger partial charge in [0.2, 0.25) is 0 Å². The predicted molar refractivity (Wildman–Crippen MR) is 70.7 cm³/mol. The van der Waals surface area contributed by atoms with E-state index in [-0.39, 0.29) is 6.04 Å². The van der Waals surface area contributed by atoms with E-state index in [0.717, 1.165) is 36.2 Å². The zero-order valence-corrected chi connectivity index (χ0v) is 11.0. The fraction of sp³-hybridized carbons (Fsp3) is 0.385. The molecule has 5 heteroatoms. The van der Waals surface area contributed by atoms with E-state index < -0.39 is 0 Å². The Morgan fingerprint density at radius 2 is 2.11 bits per heavy atom. The van der Waals surface area contributed by atoms with Gasteiger partial charge in [-0.05, 0) is 24.6 Å². The van der Waals surface area contributed by atoms with Crippen LogP contribution in [0.3, 0.4) is 0 Å². The van der Waals surface area contributed by atoms with Crippen molar-refractivity contribution in [3.05, 3.63) is 46.5 Å². The number of benzene rings is 1. The van der Waals surface area contributed by atoms with E-state index in [1.54, 1.807) is 0 Å². The molecule has 1 aliphatic rings. The van der Waals surface area contributed by atoms with Crippen molar-refractivity contribution in [2.75, 3.05) is 6.54 Å². The molecule has 1 atom stereocenters. The summed E-state index contributed by atoms with van der Waals surface area (Å²) in [5.74, 6) is 2.06. The molecule has 1 aromatic carbocycles. The summed E-state index contributed by atoms with van der Waals surface area (Å²) in [4.78, 5) is 0. The van der Waals surface area contributed by atoms with Crippen molar-refractivity contribution in [2.24, 2.45) is 0 Å². The summed E-state index contributed by atoms with van der Waals surface area (Å²) in [6.45, 7) is 4.03. The molecule has 2 aromatic rings. The summed E-state index contributed by atoms with van der Waals surface area (Å²) in [6, 6.07) is 8.18. The van der Waals surface area contributed by atoms with Gasteiger partial charge in [0, 0.05) is 24.5 Å². The smallest absolute Gasteiger partial charge is 0.149 e. The molecule has 0 radical (unpaired) electrons. The Kier molecular flexibility index (Phi) is 3.06. The van der Waals surface area contributed by atoms with Gasteiger partial charge < -0.3 is 9.88 Å². The number of nitrogens with zero attached hydrogens (tertiary/aromatic N) is 3. The quantitative estimate of drug-likeness (QED) is 0.902. The van der Waals surface area contributed by atoms with Crippen molar-refractivity contribution in [3.63, 3.8) is 0 Å². The summed E-state index contributed by atoms with van der Waals surface area (Å²) >= 11 is 5.89. The first-order valence-corrected chi connectivity index (χ1v) is 6.51. The first-order valence-electron chi connectivity index (χ1n) is 6.14. The molecule has 0 spiro atoms. The van der Waals surface area contributed by atoms with Gasteiger partial charge in [-0.3, -0.25) is 0 Å². The minimum absolute atomic E-state index is 0.283. The maximum Gasteiger partial charge on any atom is 0.149 e. The predicted octanol–water partition coefficient (Wildman–Crippen LogP) is 2.19. The number of aromatic nitrogens is 3. The Balaban J connectivity index is 1.87. The molecule has 1 N–H and O–H groups in total. The van der Waals surface area contributed by atoms with Gasteiger partial charge in [0.15, 0.2) is 0 Å². The standard InChI is InChI=1S/C13H15ClN4/c1-9-13-17-16-12(18(13)7-6-15-9)8-10-2-4-11(14)5-3-10/h2-5,9,15H,6-8H2,1H3. The summed E-state index contributed by atoms with van der Waals surface area (Å²) in [5, 5.41) is 12.7. The SMILES string of the molecule is CC1NCCn2c(Cc3ccc(Cl)cc3)nnc21. The van der Waals surface area contributed by atoms with Crippen molar-refractivity contribution < 1.29 is 0 Å². The lowest BCUT2D eigenvalue weighted by Crippen LogP contribution is -2.32. The molecule has 0 fully saturated rings. The van der Waals surface area contributed by atoms with Crippen LogP contribution in [0.2, 0.25) is 5.02 Å². The van der Waals surface area contributed by atoms with Gasteiger partial charge in [-0.2, -0.15) is 0 Å². The van der Waals surface area contributed by atoms with Crippen LogP contribution in [0.1, 0.15) is 30.2 Å². The van der Waals surface area contributed by atoms with Gasteiger partial charge >= 0.3 is 0 Å². The molecule has 1 unspecified atom stereocenters. The second kappa shape index (κ2) is 4.71. The Bertz CT molecular complexity index is 547. The van der Waals surface area contributed by atoms with Gasteiger partial charge in [-0.15, -0.1) is 10.2 Å². The Morgan fingerprint density at radius 1 is 1.33 bits per heavy atom. The molecule has 18 heavy (non-hydrogen) atoms. The number of nitrogens with one attached hydrogen (secondary N) is 1. The minimum atomic E-state index is 0.283. The van der Waals surface area contributed by atoms with Crippen LogP contribution < -0.4 is 5.32 Å². The van der Waals surface area contributed by atoms with E-state index >= 15 is 0 Å². The highest BCUT2D eigenvalue weighted by Gasteiger charge is 2.21. The molecule has 3 rings (SSSR count). The van der Waals surface area contributed by atoms with Crippen LogP contribution in [0.15, 0.2) is 24.3 Å². The number of fused-ring (bicyclic) bond motifs is 1. The summed E-state index contributed by atoms with van der Waals surface area (Å²) in [6.07, 6.45) is 0.802. The van der Waals surface area contributed by atoms with E-state index in [9.17, 15) is 0 Å². The highest BCUT2D eigenvalue weighted by molar-refractivity contribution is 6.30. The lowest BCUT2D eigenvalue weighted by molar-refractivity contribution is 0.431. The summed E-state index contributed by atoms with van der Waals surface area (Å²) in [5.41, 5.74) is 1.21. The number of rotatable bonds is 2. The molecular weight excluding hydrogens is 248 g/mol.